The summed E-state index contributed by atoms with van der Waals surface area (Å²) in [6.45, 7) is 2.10. The van der Waals surface area contributed by atoms with Crippen LogP contribution in [0.25, 0.3) is 0 Å². The Bertz CT molecular complexity index is 1840. The Hall–Kier alpha value is -3.77. The summed E-state index contributed by atoms with van der Waals surface area (Å²) in [5.74, 6) is -1.49. The van der Waals surface area contributed by atoms with Crippen molar-refractivity contribution in [3.8, 4) is 0 Å². The largest absolute Gasteiger partial charge is 0.416 e. The molecule has 0 heterocycles. The second-order valence-electron chi connectivity index (χ2n) is 11.1. The zero-order valence-corrected chi connectivity index (χ0v) is 28.8. The van der Waals surface area contributed by atoms with Crippen LogP contribution in [0.1, 0.15) is 30.5 Å². The van der Waals surface area contributed by atoms with E-state index in [2.05, 4.69) is 5.32 Å². The summed E-state index contributed by atoms with van der Waals surface area (Å²) in [5.41, 5.74) is -0.801. The lowest BCUT2D eigenvalue weighted by Gasteiger charge is -2.34. The number of alkyl halides is 3. The van der Waals surface area contributed by atoms with Gasteiger partial charge in [0.15, 0.2) is 0 Å². The number of sulfonamides is 1. The van der Waals surface area contributed by atoms with Gasteiger partial charge in [0.2, 0.25) is 11.8 Å². The number of nitrogens with zero attached hydrogens (tertiary/aromatic N) is 2. The average Bonchev–Trinajstić information content (AvgIpc) is 3.03. The molecule has 0 aromatic heterocycles. The summed E-state index contributed by atoms with van der Waals surface area (Å²) in [4.78, 5) is 29.2. The highest BCUT2D eigenvalue weighted by Gasteiger charge is 2.38. The van der Waals surface area contributed by atoms with E-state index in [0.29, 0.717) is 22.0 Å². The third-order valence-corrected chi connectivity index (χ3v) is 10.0. The van der Waals surface area contributed by atoms with E-state index in [0.717, 1.165) is 11.0 Å². The lowest BCUT2D eigenvalue weighted by Crippen LogP contribution is -2.54. The molecular weight excluding hydrogens is 710 g/mol. The molecule has 1 atom stereocenters. The van der Waals surface area contributed by atoms with E-state index in [1.807, 2.05) is 0 Å². The maximum Gasteiger partial charge on any atom is 0.416 e. The minimum Gasteiger partial charge on any atom is -0.352 e. The van der Waals surface area contributed by atoms with Gasteiger partial charge in [0.25, 0.3) is 10.0 Å². The molecule has 0 fully saturated rings. The van der Waals surface area contributed by atoms with Gasteiger partial charge >= 0.3 is 6.18 Å². The summed E-state index contributed by atoms with van der Waals surface area (Å²) in [5, 5.41) is 2.82. The van der Waals surface area contributed by atoms with Crippen molar-refractivity contribution in [2.45, 2.75) is 50.0 Å². The van der Waals surface area contributed by atoms with E-state index in [-0.39, 0.29) is 44.5 Å². The molecular formula is C34H31Cl3F3N3O4S. The minimum absolute atomic E-state index is 0.00293. The Balaban J connectivity index is 1.90. The molecule has 48 heavy (non-hydrogen) atoms. The molecule has 0 unspecified atom stereocenters. The van der Waals surface area contributed by atoms with Crippen LogP contribution in [-0.2, 0) is 38.8 Å². The Morgan fingerprint density at radius 3 is 1.96 bits per heavy atom. The molecule has 0 bridgehead atoms. The monoisotopic (exact) mass is 739 g/mol. The highest BCUT2D eigenvalue weighted by Crippen LogP contribution is 2.38. The lowest BCUT2D eigenvalue weighted by atomic mass is 10.0. The number of hydrogen-bond acceptors (Lipinski definition) is 4. The smallest absolute Gasteiger partial charge is 0.352 e. The standard InChI is InChI=1S/C34H31Cl3F3N3O4S/c1-22(2)41-33(45)31(18-23-10-5-3-6-11-23)42(20-26-27(35)14-9-15-28(26)36)32(44)21-43(48(46,47)25-12-7-4-8-13-25)30-19-24(34(38,39)40)16-17-29(30)37/h3-17,19,22,31H,18,20-21H2,1-2H3,(H,41,45)/t31-/m0/s1. The van der Waals surface area contributed by atoms with E-state index in [4.69, 9.17) is 34.8 Å². The van der Waals surface area contributed by atoms with Crippen molar-refractivity contribution < 1.29 is 31.2 Å². The van der Waals surface area contributed by atoms with Crippen LogP contribution in [0, 0.1) is 0 Å². The van der Waals surface area contributed by atoms with Gasteiger partial charge in [-0.3, -0.25) is 13.9 Å². The summed E-state index contributed by atoms with van der Waals surface area (Å²) in [7, 11) is -4.70. The summed E-state index contributed by atoms with van der Waals surface area (Å²) >= 11 is 19.3. The number of anilines is 1. The van der Waals surface area contributed by atoms with Crippen molar-refractivity contribution in [3.63, 3.8) is 0 Å². The molecule has 4 rings (SSSR count). The SMILES string of the molecule is CC(C)NC(=O)[C@H](Cc1ccccc1)N(Cc1c(Cl)cccc1Cl)C(=O)CN(c1cc(C(F)(F)F)ccc1Cl)S(=O)(=O)c1ccccc1. The maximum atomic E-state index is 14.5. The fourth-order valence-corrected chi connectivity index (χ4v) is 7.13. The first-order valence-corrected chi connectivity index (χ1v) is 17.2. The number of nitrogens with one attached hydrogen (secondary N) is 1. The van der Waals surface area contributed by atoms with Crippen LogP contribution in [0.2, 0.25) is 15.1 Å². The van der Waals surface area contributed by atoms with Crippen LogP contribution in [0.15, 0.2) is 102 Å². The zero-order chi connectivity index (χ0) is 35.2. The van der Waals surface area contributed by atoms with Gasteiger partial charge in [-0.15, -0.1) is 0 Å². The van der Waals surface area contributed by atoms with Crippen LogP contribution < -0.4 is 9.62 Å². The Morgan fingerprint density at radius 2 is 1.40 bits per heavy atom. The highest BCUT2D eigenvalue weighted by atomic mass is 35.5. The van der Waals surface area contributed by atoms with Crippen LogP contribution >= 0.6 is 34.8 Å². The van der Waals surface area contributed by atoms with Crippen molar-refractivity contribution >= 4 is 62.3 Å². The number of rotatable bonds is 12. The molecule has 0 saturated carbocycles. The van der Waals surface area contributed by atoms with E-state index in [9.17, 15) is 31.2 Å². The number of carbonyl (C=O) groups excluding carboxylic acids is 2. The van der Waals surface area contributed by atoms with Crippen molar-refractivity contribution in [2.75, 3.05) is 10.8 Å². The number of amides is 2. The van der Waals surface area contributed by atoms with Gasteiger partial charge in [-0.05, 0) is 61.9 Å². The average molecular weight is 741 g/mol. The van der Waals surface area contributed by atoms with Gasteiger partial charge in [-0.25, -0.2) is 8.42 Å². The summed E-state index contributed by atoms with van der Waals surface area (Å²) in [6.07, 6.45) is -4.85. The Labute approximate surface area is 292 Å². The molecule has 4 aromatic rings. The van der Waals surface area contributed by atoms with Crippen molar-refractivity contribution in [3.05, 3.63) is 129 Å². The molecule has 14 heteroatoms. The van der Waals surface area contributed by atoms with Gasteiger partial charge in [-0.2, -0.15) is 13.2 Å². The van der Waals surface area contributed by atoms with Crippen LogP contribution in [-0.4, -0.2) is 43.8 Å². The molecule has 0 spiro atoms. The van der Waals surface area contributed by atoms with Crippen molar-refractivity contribution in [1.82, 2.24) is 10.2 Å². The van der Waals surface area contributed by atoms with Crippen molar-refractivity contribution in [2.24, 2.45) is 0 Å². The van der Waals surface area contributed by atoms with E-state index in [1.165, 1.54) is 24.3 Å². The quantitative estimate of drug-likeness (QED) is 0.160. The molecule has 254 valence electrons. The zero-order valence-electron chi connectivity index (χ0n) is 25.7. The third-order valence-electron chi connectivity index (χ3n) is 7.24. The topological polar surface area (TPSA) is 86.8 Å². The molecule has 0 aliphatic heterocycles. The molecule has 2 amide bonds. The molecule has 1 N–H and O–H groups in total. The highest BCUT2D eigenvalue weighted by molar-refractivity contribution is 7.92. The predicted molar refractivity (Wildman–Crippen MR) is 182 cm³/mol. The molecule has 0 aliphatic carbocycles. The maximum absolute atomic E-state index is 14.5. The van der Waals surface area contributed by atoms with E-state index in [1.54, 1.807) is 68.4 Å². The fourth-order valence-electron chi connectivity index (χ4n) is 4.90. The lowest BCUT2D eigenvalue weighted by molar-refractivity contribution is -0.140. The Kier molecular flexibility index (Phi) is 12.1. The van der Waals surface area contributed by atoms with Gasteiger partial charge in [-0.1, -0.05) is 89.4 Å². The molecule has 7 nitrogen and oxygen atoms in total. The molecule has 0 aliphatic rings. The molecule has 0 radical (unpaired) electrons. The predicted octanol–water partition coefficient (Wildman–Crippen LogP) is 8.03. The second-order valence-corrected chi connectivity index (χ2v) is 14.2. The number of hydrogen-bond donors (Lipinski definition) is 1. The van der Waals surface area contributed by atoms with Gasteiger partial charge in [0, 0.05) is 34.6 Å². The number of carbonyl (C=O) groups is 2. The molecule has 4 aromatic carbocycles. The first-order valence-electron chi connectivity index (χ1n) is 14.6. The van der Waals surface area contributed by atoms with Crippen LogP contribution in [0.3, 0.4) is 0 Å². The normalized spacial score (nSPS) is 12.4. The van der Waals surface area contributed by atoms with Gasteiger partial charge in [0.05, 0.1) is 21.2 Å². The van der Waals surface area contributed by atoms with E-state index >= 15 is 0 Å². The Morgan fingerprint density at radius 1 is 0.812 bits per heavy atom. The third kappa shape index (κ3) is 9.02. The fraction of sp³-hybridized carbons (Fsp3) is 0.235. The van der Waals surface area contributed by atoms with Crippen LogP contribution in [0.4, 0.5) is 18.9 Å². The number of benzene rings is 4. The minimum atomic E-state index is -4.85. The summed E-state index contributed by atoms with van der Waals surface area (Å²) in [6, 6.07) is 21.0. The first-order chi connectivity index (χ1) is 22.6. The summed E-state index contributed by atoms with van der Waals surface area (Å²) < 4.78 is 70.3. The first kappa shape index (κ1) is 37.1. The van der Waals surface area contributed by atoms with Gasteiger partial charge < -0.3 is 10.2 Å². The number of halogens is 6. The van der Waals surface area contributed by atoms with Crippen LogP contribution in [0.5, 0.6) is 0 Å². The van der Waals surface area contributed by atoms with E-state index < -0.39 is 51.9 Å². The van der Waals surface area contributed by atoms with Crippen molar-refractivity contribution in [1.29, 1.82) is 0 Å². The molecule has 0 saturated heterocycles. The second kappa shape index (κ2) is 15.6. The van der Waals surface area contributed by atoms with Gasteiger partial charge in [0.1, 0.15) is 12.6 Å².